The molecule has 0 aliphatic heterocycles. The molecule has 4 aromatic rings. The average molecular weight is 359 g/mol. The summed E-state index contributed by atoms with van der Waals surface area (Å²) in [5.74, 6) is 0.0978. The van der Waals surface area contributed by atoms with E-state index in [2.05, 4.69) is 0 Å². The van der Waals surface area contributed by atoms with Crippen molar-refractivity contribution in [2.24, 2.45) is 0 Å². The lowest BCUT2D eigenvalue weighted by Gasteiger charge is -2.10. The highest BCUT2D eigenvalue weighted by atomic mass is 16.5. The van der Waals surface area contributed by atoms with Gasteiger partial charge < -0.3 is 9.15 Å². The van der Waals surface area contributed by atoms with Gasteiger partial charge in [0.1, 0.15) is 16.9 Å². The summed E-state index contributed by atoms with van der Waals surface area (Å²) in [5, 5.41) is 10.8. The summed E-state index contributed by atoms with van der Waals surface area (Å²) in [6.45, 7) is 0. The van der Waals surface area contributed by atoms with E-state index in [4.69, 9.17) is 14.4 Å². The van der Waals surface area contributed by atoms with E-state index < -0.39 is 5.91 Å². The van der Waals surface area contributed by atoms with E-state index >= 15 is 0 Å². The predicted molar refractivity (Wildman–Crippen MR) is 105 cm³/mol. The monoisotopic (exact) mass is 359 g/mol. The molecule has 1 aromatic heterocycles. The minimum atomic E-state index is -0.598. The molecule has 0 spiro atoms. The zero-order valence-corrected chi connectivity index (χ0v) is 14.6. The van der Waals surface area contributed by atoms with E-state index in [0.717, 1.165) is 38.6 Å². The Morgan fingerprint density at radius 3 is 2.67 bits per heavy atom. The number of ether oxygens (including phenoxy) is 1. The molecule has 134 valence electrons. The topological polar surface area (TPSA) is 71.7 Å². The third-order valence-electron chi connectivity index (χ3n) is 4.48. The van der Waals surface area contributed by atoms with Crippen molar-refractivity contribution in [2.75, 3.05) is 7.11 Å². The van der Waals surface area contributed by atoms with Crippen LogP contribution in [0.1, 0.15) is 5.56 Å². The Balaban J connectivity index is 1.97. The molecule has 0 atom stereocenters. The van der Waals surface area contributed by atoms with Crippen molar-refractivity contribution in [2.45, 2.75) is 0 Å². The number of carbonyl (C=O) groups is 1. The Morgan fingerprint density at radius 1 is 1.04 bits per heavy atom. The summed E-state index contributed by atoms with van der Waals surface area (Å²) in [6.07, 6.45) is 2.91. The fourth-order valence-electron chi connectivity index (χ4n) is 3.20. The predicted octanol–water partition coefficient (Wildman–Crippen LogP) is 4.78. The number of fused-ring (bicyclic) bond motifs is 3. The minimum absolute atomic E-state index is 0.598. The number of amides is 1. The van der Waals surface area contributed by atoms with Crippen molar-refractivity contribution in [3.05, 3.63) is 72.3 Å². The van der Waals surface area contributed by atoms with Gasteiger partial charge in [-0.3, -0.25) is 10.0 Å². The van der Waals surface area contributed by atoms with Crippen molar-refractivity contribution < 1.29 is 19.2 Å². The molecule has 1 heterocycles. The van der Waals surface area contributed by atoms with E-state index in [0.29, 0.717) is 5.75 Å². The van der Waals surface area contributed by atoms with Crippen LogP contribution in [-0.4, -0.2) is 18.2 Å². The van der Waals surface area contributed by atoms with E-state index in [1.54, 1.807) is 18.7 Å². The van der Waals surface area contributed by atoms with Crippen LogP contribution >= 0.6 is 0 Å². The first kappa shape index (κ1) is 16.9. The molecule has 2 N–H and O–H groups in total. The zero-order valence-electron chi connectivity index (χ0n) is 14.6. The molecule has 0 saturated carbocycles. The SMILES string of the molecule is COc1ccc(/C=C/C(=O)NO)c(-c2cccc3c2oc2ccccc23)c1. The zero-order chi connectivity index (χ0) is 18.8. The molecule has 0 aliphatic rings. The Bertz CT molecular complexity index is 1170. The second-order valence-corrected chi connectivity index (χ2v) is 6.04. The lowest BCUT2D eigenvalue weighted by Crippen LogP contribution is -2.14. The average Bonchev–Trinajstić information content (AvgIpc) is 3.10. The highest BCUT2D eigenvalue weighted by Gasteiger charge is 2.14. The first-order chi connectivity index (χ1) is 13.2. The molecule has 3 aromatic carbocycles. The van der Waals surface area contributed by atoms with E-state index in [1.165, 1.54) is 6.08 Å². The first-order valence-corrected chi connectivity index (χ1v) is 8.42. The van der Waals surface area contributed by atoms with Gasteiger partial charge in [0.15, 0.2) is 0 Å². The second kappa shape index (κ2) is 6.97. The van der Waals surface area contributed by atoms with Crippen LogP contribution in [0.5, 0.6) is 5.75 Å². The van der Waals surface area contributed by atoms with Crippen LogP contribution in [0.3, 0.4) is 0 Å². The largest absolute Gasteiger partial charge is 0.497 e. The molecule has 0 fully saturated rings. The summed E-state index contributed by atoms with van der Waals surface area (Å²) in [6, 6.07) is 19.5. The third kappa shape index (κ3) is 3.05. The first-order valence-electron chi connectivity index (χ1n) is 8.42. The normalized spacial score (nSPS) is 11.3. The Kier molecular flexibility index (Phi) is 4.36. The third-order valence-corrected chi connectivity index (χ3v) is 4.48. The van der Waals surface area contributed by atoms with Gasteiger partial charge in [-0.1, -0.05) is 42.5 Å². The molecular formula is C22H17NO4. The van der Waals surface area contributed by atoms with Crippen molar-refractivity contribution >= 4 is 33.9 Å². The summed E-state index contributed by atoms with van der Waals surface area (Å²) in [4.78, 5) is 11.4. The number of methoxy groups -OCH3 is 1. The van der Waals surface area contributed by atoms with Gasteiger partial charge in [0.05, 0.1) is 7.11 Å². The van der Waals surface area contributed by atoms with Gasteiger partial charge in [0, 0.05) is 22.4 Å². The smallest absolute Gasteiger partial charge is 0.267 e. The lowest BCUT2D eigenvalue weighted by atomic mass is 9.97. The van der Waals surface area contributed by atoms with Crippen LogP contribution in [0, 0.1) is 0 Å². The van der Waals surface area contributed by atoms with Crippen LogP contribution in [0.2, 0.25) is 0 Å². The maximum atomic E-state index is 11.4. The highest BCUT2D eigenvalue weighted by molar-refractivity contribution is 6.10. The molecule has 27 heavy (non-hydrogen) atoms. The van der Waals surface area contributed by atoms with Crippen LogP contribution in [0.15, 0.2) is 71.2 Å². The van der Waals surface area contributed by atoms with Gasteiger partial charge in [-0.15, -0.1) is 0 Å². The van der Waals surface area contributed by atoms with Gasteiger partial charge in [0.2, 0.25) is 0 Å². The van der Waals surface area contributed by atoms with Crippen molar-refractivity contribution in [1.82, 2.24) is 5.48 Å². The molecule has 1 amide bonds. The van der Waals surface area contributed by atoms with Crippen LogP contribution in [0.4, 0.5) is 0 Å². The number of hydroxylamine groups is 1. The maximum absolute atomic E-state index is 11.4. The van der Waals surface area contributed by atoms with Crippen molar-refractivity contribution in [3.63, 3.8) is 0 Å². The molecular weight excluding hydrogens is 342 g/mol. The number of hydrogen-bond donors (Lipinski definition) is 2. The molecule has 0 saturated heterocycles. The van der Waals surface area contributed by atoms with Crippen LogP contribution in [-0.2, 0) is 4.79 Å². The second-order valence-electron chi connectivity index (χ2n) is 6.04. The molecule has 0 aliphatic carbocycles. The Labute approximate surface area is 155 Å². The van der Waals surface area contributed by atoms with Gasteiger partial charge in [-0.05, 0) is 35.4 Å². The lowest BCUT2D eigenvalue weighted by molar-refractivity contribution is -0.124. The number of nitrogens with one attached hydrogen (secondary N) is 1. The van der Waals surface area contributed by atoms with Gasteiger partial charge in [-0.25, -0.2) is 5.48 Å². The van der Waals surface area contributed by atoms with E-state index in [9.17, 15) is 4.79 Å². The fourth-order valence-corrected chi connectivity index (χ4v) is 3.20. The number of benzene rings is 3. The maximum Gasteiger partial charge on any atom is 0.267 e. The Hall–Kier alpha value is -3.57. The van der Waals surface area contributed by atoms with Gasteiger partial charge in [0.25, 0.3) is 5.91 Å². The van der Waals surface area contributed by atoms with Crippen LogP contribution in [0.25, 0.3) is 39.1 Å². The quantitative estimate of drug-likeness (QED) is 0.312. The number of rotatable bonds is 4. The number of carbonyl (C=O) groups excluding carboxylic acids is 1. The molecule has 0 bridgehead atoms. The number of para-hydroxylation sites is 2. The van der Waals surface area contributed by atoms with Gasteiger partial charge >= 0.3 is 0 Å². The standard InChI is InChI=1S/C22H17NO4/c1-26-15-11-9-14(10-12-21(24)23-25)19(13-15)18-7-4-6-17-16-5-2-3-8-20(16)27-22(17)18/h2-13,25H,1H3,(H,23,24)/b12-10+. The van der Waals surface area contributed by atoms with Crippen molar-refractivity contribution in [3.8, 4) is 16.9 Å². The highest BCUT2D eigenvalue weighted by Crippen LogP contribution is 2.38. The number of furan rings is 1. The summed E-state index contributed by atoms with van der Waals surface area (Å²) >= 11 is 0. The van der Waals surface area contributed by atoms with Gasteiger partial charge in [-0.2, -0.15) is 0 Å². The minimum Gasteiger partial charge on any atom is -0.497 e. The molecule has 4 rings (SSSR count). The van der Waals surface area contributed by atoms with E-state index in [1.807, 2.05) is 60.7 Å². The fraction of sp³-hybridized carbons (Fsp3) is 0.0455. The van der Waals surface area contributed by atoms with Crippen LogP contribution < -0.4 is 10.2 Å². The molecule has 0 radical (unpaired) electrons. The molecule has 5 heteroatoms. The summed E-state index contributed by atoms with van der Waals surface area (Å²) in [7, 11) is 1.61. The summed E-state index contributed by atoms with van der Waals surface area (Å²) in [5.41, 5.74) is 5.74. The summed E-state index contributed by atoms with van der Waals surface area (Å²) < 4.78 is 11.5. The molecule has 5 nitrogen and oxygen atoms in total. The van der Waals surface area contributed by atoms with Crippen molar-refractivity contribution in [1.29, 1.82) is 0 Å². The van der Waals surface area contributed by atoms with E-state index in [-0.39, 0.29) is 0 Å². The Morgan fingerprint density at radius 2 is 1.85 bits per heavy atom. The number of hydrogen-bond acceptors (Lipinski definition) is 4. The molecule has 0 unspecified atom stereocenters.